The molecule has 0 saturated carbocycles. The third-order valence-corrected chi connectivity index (χ3v) is 4.18. The van der Waals surface area contributed by atoms with E-state index < -0.39 is 17.8 Å². The van der Waals surface area contributed by atoms with Crippen LogP contribution in [0.25, 0.3) is 0 Å². The highest BCUT2D eigenvalue weighted by Crippen LogP contribution is 2.23. The predicted octanol–water partition coefficient (Wildman–Crippen LogP) is 3.45. The fraction of sp³-hybridized carbons (Fsp3) is 0.227. The molecule has 1 amide bonds. The van der Waals surface area contributed by atoms with Crippen LogP contribution in [0.4, 0.5) is 33.2 Å². The van der Waals surface area contributed by atoms with Crippen molar-refractivity contribution in [3.05, 3.63) is 60.5 Å². The number of aromatic nitrogens is 2. The van der Waals surface area contributed by atoms with Crippen molar-refractivity contribution >= 4 is 34.7 Å². The van der Waals surface area contributed by atoms with Gasteiger partial charge in [0, 0.05) is 24.2 Å². The first kappa shape index (κ1) is 22.9. The number of benzene rings is 2. The summed E-state index contributed by atoms with van der Waals surface area (Å²) in [6.45, 7) is 2.31. The third kappa shape index (κ3) is 6.62. The van der Waals surface area contributed by atoms with Gasteiger partial charge in [0.15, 0.2) is 11.6 Å². The molecule has 3 rings (SSSR count). The summed E-state index contributed by atoms with van der Waals surface area (Å²) in [5.74, 6) is -0.341. The number of anilines is 5. The number of ether oxygens (including phenoxy) is 2. The van der Waals surface area contributed by atoms with Gasteiger partial charge >= 0.3 is 0 Å². The molecule has 0 bridgehead atoms. The molecule has 0 saturated heterocycles. The summed E-state index contributed by atoms with van der Waals surface area (Å²) in [5.41, 5.74) is 1.64. The molecule has 4 N–H and O–H groups in total. The van der Waals surface area contributed by atoms with Gasteiger partial charge in [0.2, 0.25) is 5.95 Å². The number of nitrogens with zero attached hydrogens (tertiary/aromatic N) is 2. The maximum atomic E-state index is 14.3. The quantitative estimate of drug-likeness (QED) is 0.354. The zero-order valence-electron chi connectivity index (χ0n) is 17.6. The van der Waals surface area contributed by atoms with Crippen LogP contribution in [-0.4, -0.2) is 47.4 Å². The summed E-state index contributed by atoms with van der Waals surface area (Å²) in [7, 11) is 1.61. The van der Waals surface area contributed by atoms with E-state index in [4.69, 9.17) is 9.47 Å². The minimum atomic E-state index is -1.15. The first-order chi connectivity index (χ1) is 15.4. The van der Waals surface area contributed by atoms with E-state index in [1.807, 2.05) is 0 Å². The summed E-state index contributed by atoms with van der Waals surface area (Å²) >= 11 is 0. The lowest BCUT2D eigenvalue weighted by atomic mass is 10.2. The van der Waals surface area contributed by atoms with Gasteiger partial charge in [-0.15, -0.1) is 0 Å². The Hall–Kier alpha value is -3.76. The van der Waals surface area contributed by atoms with Crippen LogP contribution in [0.5, 0.6) is 5.75 Å². The summed E-state index contributed by atoms with van der Waals surface area (Å²) in [5, 5.41) is 17.8. The maximum Gasteiger partial charge on any atom is 0.252 e. The minimum Gasteiger partial charge on any atom is -0.491 e. The van der Waals surface area contributed by atoms with Crippen LogP contribution in [0.15, 0.2) is 54.7 Å². The number of aliphatic hydroxyl groups is 1. The lowest BCUT2D eigenvalue weighted by Crippen LogP contribution is -2.24. The molecule has 0 aliphatic carbocycles. The molecule has 1 heterocycles. The van der Waals surface area contributed by atoms with E-state index in [-0.39, 0.29) is 11.8 Å². The Kier molecular flexibility index (Phi) is 7.90. The van der Waals surface area contributed by atoms with Crippen LogP contribution in [0.2, 0.25) is 0 Å². The second-order valence-corrected chi connectivity index (χ2v) is 6.75. The van der Waals surface area contributed by atoms with Gasteiger partial charge in [-0.3, -0.25) is 4.79 Å². The van der Waals surface area contributed by atoms with E-state index in [9.17, 15) is 14.3 Å². The zero-order valence-corrected chi connectivity index (χ0v) is 17.6. The first-order valence-corrected chi connectivity index (χ1v) is 9.82. The highest BCUT2D eigenvalue weighted by molar-refractivity contribution is 5.94. The van der Waals surface area contributed by atoms with E-state index in [2.05, 4.69) is 25.9 Å². The van der Waals surface area contributed by atoms with E-state index >= 15 is 0 Å². The fourth-order valence-electron chi connectivity index (χ4n) is 2.58. The number of halogens is 1. The molecule has 0 spiro atoms. The van der Waals surface area contributed by atoms with Gasteiger partial charge in [0.1, 0.15) is 18.5 Å². The average Bonchev–Trinajstić information content (AvgIpc) is 2.77. The maximum absolute atomic E-state index is 14.3. The first-order valence-electron chi connectivity index (χ1n) is 9.82. The lowest BCUT2D eigenvalue weighted by molar-refractivity contribution is -0.123. The van der Waals surface area contributed by atoms with Crippen molar-refractivity contribution < 1.29 is 23.8 Å². The Bertz CT molecular complexity index is 1050. The number of carbonyl (C=O) groups is 1. The average molecular weight is 441 g/mol. The van der Waals surface area contributed by atoms with Crippen LogP contribution in [0.1, 0.15) is 6.92 Å². The molecule has 2 aromatic carbocycles. The van der Waals surface area contributed by atoms with E-state index in [1.165, 1.54) is 6.92 Å². The van der Waals surface area contributed by atoms with Crippen LogP contribution >= 0.6 is 0 Å². The summed E-state index contributed by atoms with van der Waals surface area (Å²) in [4.78, 5) is 19.8. The van der Waals surface area contributed by atoms with Crippen molar-refractivity contribution in [1.82, 2.24) is 9.97 Å². The number of carbonyl (C=O) groups excluding carboxylic acids is 1. The highest BCUT2D eigenvalue weighted by atomic mass is 19.1. The normalized spacial score (nSPS) is 11.5. The Morgan fingerprint density at radius 3 is 2.56 bits per heavy atom. The molecule has 1 aromatic heterocycles. The molecule has 168 valence electrons. The SMILES string of the molecule is COCCOc1ccc(Nc2ncc(F)c(Nc3cccc(NC(=O)C(C)O)c3)n2)cc1. The number of aliphatic hydroxyl groups excluding tert-OH is 1. The second kappa shape index (κ2) is 11.0. The molecule has 0 aliphatic rings. The van der Waals surface area contributed by atoms with Crippen LogP contribution in [-0.2, 0) is 9.53 Å². The van der Waals surface area contributed by atoms with Crippen molar-refractivity contribution in [1.29, 1.82) is 0 Å². The van der Waals surface area contributed by atoms with Crippen molar-refractivity contribution in [2.75, 3.05) is 36.3 Å². The summed E-state index contributed by atoms with van der Waals surface area (Å²) < 4.78 is 24.7. The minimum absolute atomic E-state index is 0.0407. The van der Waals surface area contributed by atoms with Gasteiger partial charge in [-0.2, -0.15) is 4.98 Å². The lowest BCUT2D eigenvalue weighted by Gasteiger charge is -2.12. The van der Waals surface area contributed by atoms with Gasteiger partial charge < -0.3 is 30.5 Å². The Morgan fingerprint density at radius 2 is 1.84 bits per heavy atom. The topological polar surface area (TPSA) is 118 Å². The molecular formula is C22H24FN5O4. The van der Waals surface area contributed by atoms with Gasteiger partial charge in [-0.05, 0) is 49.4 Å². The number of amides is 1. The molecule has 10 heteroatoms. The number of rotatable bonds is 10. The number of nitrogens with one attached hydrogen (secondary N) is 3. The Balaban J connectivity index is 1.68. The van der Waals surface area contributed by atoms with Crippen molar-refractivity contribution in [2.45, 2.75) is 13.0 Å². The van der Waals surface area contributed by atoms with E-state index in [0.717, 1.165) is 6.20 Å². The molecule has 9 nitrogen and oxygen atoms in total. The molecule has 3 aromatic rings. The molecular weight excluding hydrogens is 417 g/mol. The van der Waals surface area contributed by atoms with Gasteiger partial charge in [-0.25, -0.2) is 9.37 Å². The molecule has 32 heavy (non-hydrogen) atoms. The summed E-state index contributed by atoms with van der Waals surface area (Å²) in [6.07, 6.45) is -0.0931. The smallest absolute Gasteiger partial charge is 0.252 e. The molecule has 0 aliphatic heterocycles. The molecule has 1 unspecified atom stereocenters. The van der Waals surface area contributed by atoms with Crippen LogP contribution < -0.4 is 20.7 Å². The predicted molar refractivity (Wildman–Crippen MR) is 119 cm³/mol. The second-order valence-electron chi connectivity index (χ2n) is 6.75. The van der Waals surface area contributed by atoms with Crippen LogP contribution in [0, 0.1) is 5.82 Å². The van der Waals surface area contributed by atoms with E-state index in [1.54, 1.807) is 55.6 Å². The molecule has 0 radical (unpaired) electrons. The largest absolute Gasteiger partial charge is 0.491 e. The monoisotopic (exact) mass is 441 g/mol. The Morgan fingerprint density at radius 1 is 1.09 bits per heavy atom. The van der Waals surface area contributed by atoms with Gasteiger partial charge in [0.25, 0.3) is 5.91 Å². The fourth-order valence-corrected chi connectivity index (χ4v) is 2.58. The highest BCUT2D eigenvalue weighted by Gasteiger charge is 2.11. The van der Waals surface area contributed by atoms with Crippen molar-refractivity contribution in [2.24, 2.45) is 0 Å². The van der Waals surface area contributed by atoms with E-state index in [0.29, 0.717) is 36.0 Å². The number of hydrogen-bond acceptors (Lipinski definition) is 8. The van der Waals surface area contributed by atoms with Gasteiger partial charge in [0.05, 0.1) is 12.8 Å². The van der Waals surface area contributed by atoms with Gasteiger partial charge in [-0.1, -0.05) is 6.07 Å². The van der Waals surface area contributed by atoms with Crippen molar-refractivity contribution in [3.63, 3.8) is 0 Å². The summed E-state index contributed by atoms with van der Waals surface area (Å²) in [6, 6.07) is 13.8. The standard InChI is InChI=1S/C22H24FN5O4/c1-14(29)21(30)26-17-5-3-4-16(12-17)25-20-19(23)13-24-22(28-20)27-15-6-8-18(9-7-15)32-11-10-31-2/h3-9,12-14,29H,10-11H2,1-2H3,(H,26,30)(H2,24,25,27,28). The molecule has 1 atom stereocenters. The molecule has 0 fully saturated rings. The zero-order chi connectivity index (χ0) is 22.9. The number of methoxy groups -OCH3 is 1. The Labute approximate surface area is 184 Å². The number of hydrogen-bond donors (Lipinski definition) is 4. The third-order valence-electron chi connectivity index (χ3n) is 4.18. The van der Waals surface area contributed by atoms with Crippen molar-refractivity contribution in [3.8, 4) is 5.75 Å². The van der Waals surface area contributed by atoms with Crippen LogP contribution in [0.3, 0.4) is 0 Å².